The summed E-state index contributed by atoms with van der Waals surface area (Å²) in [6.07, 6.45) is 4.45. The molecule has 1 aromatic heterocycles. The number of morpholine rings is 1. The number of nitrogens with two attached hydrogens (primary N) is 1. The summed E-state index contributed by atoms with van der Waals surface area (Å²) in [7, 11) is 0. The molecule has 104 valence electrons. The van der Waals surface area contributed by atoms with Crippen LogP contribution in [0.25, 0.3) is 0 Å². The number of carbonyl (C=O) groups excluding carboxylic acids is 1. The molecule has 2 aliphatic rings. The maximum atomic E-state index is 12.5. The first kappa shape index (κ1) is 13.0. The molecule has 2 N–H and O–H groups in total. The van der Waals surface area contributed by atoms with E-state index in [0.717, 1.165) is 24.3 Å². The van der Waals surface area contributed by atoms with Crippen molar-refractivity contribution in [1.29, 1.82) is 0 Å². The Labute approximate surface area is 116 Å². The van der Waals surface area contributed by atoms with Crippen molar-refractivity contribution in [3.8, 4) is 0 Å². The Kier molecular flexibility index (Phi) is 3.81. The normalized spacial score (nSPS) is 31.6. The van der Waals surface area contributed by atoms with E-state index < -0.39 is 0 Å². The summed E-state index contributed by atoms with van der Waals surface area (Å²) in [5.74, 6) is 0.364. The molecule has 1 saturated heterocycles. The minimum absolute atomic E-state index is 0.0622. The number of hydrogen-bond acceptors (Lipinski definition) is 5. The first-order valence-corrected chi connectivity index (χ1v) is 7.67. The lowest BCUT2D eigenvalue weighted by atomic mass is 10.1. The number of rotatable bonds is 2. The van der Waals surface area contributed by atoms with Crippen molar-refractivity contribution in [3.63, 3.8) is 0 Å². The number of ether oxygens (including phenoxy) is 1. The van der Waals surface area contributed by atoms with Crippen molar-refractivity contribution in [2.75, 3.05) is 19.7 Å². The first-order valence-electron chi connectivity index (χ1n) is 6.79. The van der Waals surface area contributed by atoms with Crippen LogP contribution in [-0.4, -0.2) is 41.5 Å². The number of aromatic nitrogens is 1. The number of amides is 1. The molecule has 1 amide bonds. The Balaban J connectivity index is 1.63. The van der Waals surface area contributed by atoms with Crippen molar-refractivity contribution in [1.82, 2.24) is 9.88 Å². The predicted molar refractivity (Wildman–Crippen MR) is 72.7 cm³/mol. The smallest absolute Gasteiger partial charge is 0.225 e. The maximum absolute atomic E-state index is 12.5. The van der Waals surface area contributed by atoms with Crippen LogP contribution >= 0.6 is 11.3 Å². The van der Waals surface area contributed by atoms with Gasteiger partial charge in [0.1, 0.15) is 11.1 Å². The fourth-order valence-electron chi connectivity index (χ4n) is 2.89. The molecule has 0 radical (unpaired) electrons. The summed E-state index contributed by atoms with van der Waals surface area (Å²) in [6, 6.07) is 0.199. The number of thiazole rings is 1. The van der Waals surface area contributed by atoms with Gasteiger partial charge in [0.05, 0.1) is 13.2 Å². The first-order chi connectivity index (χ1) is 9.24. The Morgan fingerprint density at radius 3 is 3.11 bits per heavy atom. The van der Waals surface area contributed by atoms with Gasteiger partial charge in [-0.25, -0.2) is 4.98 Å². The molecule has 3 rings (SSSR count). The van der Waals surface area contributed by atoms with Gasteiger partial charge in [-0.15, -0.1) is 11.3 Å². The Morgan fingerprint density at radius 1 is 1.53 bits per heavy atom. The lowest BCUT2D eigenvalue weighted by Crippen LogP contribution is -2.44. The fraction of sp³-hybridized carbons (Fsp3) is 0.692. The van der Waals surface area contributed by atoms with Gasteiger partial charge in [-0.3, -0.25) is 4.79 Å². The van der Waals surface area contributed by atoms with E-state index in [9.17, 15) is 4.79 Å². The van der Waals surface area contributed by atoms with Gasteiger partial charge in [-0.05, 0) is 19.3 Å². The van der Waals surface area contributed by atoms with Gasteiger partial charge in [0.2, 0.25) is 5.91 Å². The Hall–Kier alpha value is -0.980. The molecular weight excluding hydrogens is 262 g/mol. The van der Waals surface area contributed by atoms with Crippen LogP contribution in [0.3, 0.4) is 0 Å². The molecule has 6 heteroatoms. The summed E-state index contributed by atoms with van der Waals surface area (Å²) in [4.78, 5) is 18.7. The summed E-state index contributed by atoms with van der Waals surface area (Å²) >= 11 is 1.58. The van der Waals surface area contributed by atoms with E-state index in [0.29, 0.717) is 19.7 Å². The van der Waals surface area contributed by atoms with Crippen molar-refractivity contribution in [3.05, 3.63) is 16.6 Å². The second kappa shape index (κ2) is 5.56. The topological polar surface area (TPSA) is 68.5 Å². The zero-order valence-electron chi connectivity index (χ0n) is 10.8. The van der Waals surface area contributed by atoms with E-state index >= 15 is 0 Å². The van der Waals surface area contributed by atoms with Gasteiger partial charge < -0.3 is 15.4 Å². The minimum Gasteiger partial charge on any atom is -0.367 e. The number of hydrogen-bond donors (Lipinski definition) is 1. The highest BCUT2D eigenvalue weighted by molar-refractivity contribution is 7.09. The minimum atomic E-state index is -0.0622. The van der Waals surface area contributed by atoms with Crippen LogP contribution < -0.4 is 5.73 Å². The van der Waals surface area contributed by atoms with Crippen LogP contribution in [0.5, 0.6) is 0 Å². The zero-order valence-corrected chi connectivity index (χ0v) is 11.6. The summed E-state index contributed by atoms with van der Waals surface area (Å²) in [6.45, 7) is 1.90. The van der Waals surface area contributed by atoms with Gasteiger partial charge in [0.25, 0.3) is 0 Å². The molecular formula is C13H19N3O2S. The molecule has 5 nitrogen and oxygen atoms in total. The molecule has 1 saturated carbocycles. The van der Waals surface area contributed by atoms with Crippen LogP contribution in [0.2, 0.25) is 0 Å². The quantitative estimate of drug-likeness (QED) is 0.883. The third-order valence-corrected chi connectivity index (χ3v) is 4.80. The van der Waals surface area contributed by atoms with Gasteiger partial charge in [0, 0.05) is 30.1 Å². The molecule has 3 unspecified atom stereocenters. The Bertz CT molecular complexity index is 437. The average Bonchev–Trinajstić information content (AvgIpc) is 3.09. The summed E-state index contributed by atoms with van der Waals surface area (Å²) in [5.41, 5.74) is 5.89. The van der Waals surface area contributed by atoms with E-state index in [2.05, 4.69) is 4.98 Å². The van der Waals surface area contributed by atoms with Crippen LogP contribution in [0.15, 0.2) is 11.6 Å². The molecule has 0 aromatic carbocycles. The van der Waals surface area contributed by atoms with Crippen LogP contribution in [-0.2, 0) is 9.53 Å². The molecule has 19 heavy (non-hydrogen) atoms. The fourth-order valence-corrected chi connectivity index (χ4v) is 3.57. The average molecular weight is 281 g/mol. The van der Waals surface area contributed by atoms with Crippen molar-refractivity contribution in [2.24, 2.45) is 11.7 Å². The highest BCUT2D eigenvalue weighted by Crippen LogP contribution is 2.29. The van der Waals surface area contributed by atoms with E-state index in [1.807, 2.05) is 10.3 Å². The third kappa shape index (κ3) is 2.80. The van der Waals surface area contributed by atoms with Crippen LogP contribution in [0, 0.1) is 5.92 Å². The Morgan fingerprint density at radius 2 is 2.42 bits per heavy atom. The lowest BCUT2D eigenvalue weighted by molar-refractivity contribution is -0.143. The van der Waals surface area contributed by atoms with Crippen molar-refractivity contribution >= 4 is 17.2 Å². The van der Waals surface area contributed by atoms with Gasteiger partial charge in [-0.1, -0.05) is 0 Å². The molecule has 2 heterocycles. The van der Waals surface area contributed by atoms with E-state index in [-0.39, 0.29) is 24.0 Å². The van der Waals surface area contributed by atoms with Gasteiger partial charge in [-0.2, -0.15) is 0 Å². The lowest BCUT2D eigenvalue weighted by Gasteiger charge is -2.33. The zero-order chi connectivity index (χ0) is 13.2. The predicted octanol–water partition coefficient (Wildman–Crippen LogP) is 1.17. The molecule has 1 aliphatic heterocycles. The van der Waals surface area contributed by atoms with Crippen molar-refractivity contribution < 1.29 is 9.53 Å². The van der Waals surface area contributed by atoms with Gasteiger partial charge in [0.15, 0.2) is 0 Å². The van der Waals surface area contributed by atoms with E-state index in [1.54, 1.807) is 17.5 Å². The monoisotopic (exact) mass is 281 g/mol. The van der Waals surface area contributed by atoms with Gasteiger partial charge >= 0.3 is 0 Å². The number of carbonyl (C=O) groups is 1. The summed E-state index contributed by atoms with van der Waals surface area (Å²) < 4.78 is 5.72. The number of nitrogens with zero attached hydrogens (tertiary/aromatic N) is 2. The molecule has 0 bridgehead atoms. The van der Waals surface area contributed by atoms with Crippen LogP contribution in [0.4, 0.5) is 0 Å². The largest absolute Gasteiger partial charge is 0.367 e. The molecule has 0 spiro atoms. The van der Waals surface area contributed by atoms with E-state index in [1.165, 1.54) is 0 Å². The standard InChI is InChI=1S/C13H19N3O2S/c14-10-2-1-9(7-10)13(17)16-4-5-18-11(8-16)12-15-3-6-19-12/h3,6,9-11H,1-2,4-5,7-8,14H2. The molecule has 1 aliphatic carbocycles. The van der Waals surface area contributed by atoms with E-state index in [4.69, 9.17) is 10.5 Å². The highest BCUT2D eigenvalue weighted by atomic mass is 32.1. The SMILES string of the molecule is NC1CCC(C(=O)N2CCOC(c3nccs3)C2)C1. The highest BCUT2D eigenvalue weighted by Gasteiger charge is 2.34. The third-order valence-electron chi connectivity index (χ3n) is 3.93. The van der Waals surface area contributed by atoms with Crippen LogP contribution in [0.1, 0.15) is 30.4 Å². The maximum Gasteiger partial charge on any atom is 0.225 e. The van der Waals surface area contributed by atoms with Crippen molar-refractivity contribution in [2.45, 2.75) is 31.4 Å². The second-order valence-electron chi connectivity index (χ2n) is 5.28. The second-order valence-corrected chi connectivity index (χ2v) is 6.21. The molecule has 1 aromatic rings. The molecule has 2 fully saturated rings. The molecule has 3 atom stereocenters. The summed E-state index contributed by atoms with van der Waals surface area (Å²) in [5, 5.41) is 2.90.